The van der Waals surface area contributed by atoms with Gasteiger partial charge in [-0.05, 0) is 50.1 Å². The molecular formula is C23H21FN4O4. The number of halogens is 1. The lowest BCUT2D eigenvalue weighted by Gasteiger charge is -2.15. The second-order valence-electron chi connectivity index (χ2n) is 7.42. The molecule has 9 heteroatoms. The molecule has 0 unspecified atom stereocenters. The Bertz CT molecular complexity index is 1250. The fourth-order valence-corrected chi connectivity index (χ4v) is 3.70. The number of amides is 2. The van der Waals surface area contributed by atoms with Gasteiger partial charge in [0.1, 0.15) is 11.4 Å². The minimum Gasteiger partial charge on any atom is -0.858 e. The molecule has 1 aromatic carbocycles. The average Bonchev–Trinajstić information content (AvgIpc) is 3.18. The highest BCUT2D eigenvalue weighted by atomic mass is 19.1. The van der Waals surface area contributed by atoms with Crippen molar-refractivity contribution in [2.45, 2.75) is 13.8 Å². The minimum absolute atomic E-state index is 0.0161. The van der Waals surface area contributed by atoms with Gasteiger partial charge in [-0.15, -0.1) is 0 Å². The predicted octanol–water partition coefficient (Wildman–Crippen LogP) is 1.37. The lowest BCUT2D eigenvalue weighted by molar-refractivity contribution is -0.577. The van der Waals surface area contributed by atoms with Crippen LogP contribution >= 0.6 is 0 Å². The SMILES string of the molecule is COCCN1C(=O)C(c2c(C)nn(-c3ccc(F)cc3)c2[O-])=C([n+]2cccc(C)c2)C1=O. The second kappa shape index (κ2) is 8.35. The summed E-state index contributed by atoms with van der Waals surface area (Å²) in [6.07, 6.45) is 3.36. The molecule has 0 bridgehead atoms. The maximum Gasteiger partial charge on any atom is 0.326 e. The first-order chi connectivity index (χ1) is 15.3. The third kappa shape index (κ3) is 3.56. The number of nitrogens with zero attached hydrogens (tertiary/aromatic N) is 4. The van der Waals surface area contributed by atoms with E-state index in [4.69, 9.17) is 4.74 Å². The van der Waals surface area contributed by atoms with Crippen molar-refractivity contribution >= 4 is 23.1 Å². The molecule has 2 amide bonds. The normalized spacial score (nSPS) is 14.1. The third-order valence-electron chi connectivity index (χ3n) is 5.21. The monoisotopic (exact) mass is 436 g/mol. The zero-order chi connectivity index (χ0) is 23.0. The van der Waals surface area contributed by atoms with E-state index >= 15 is 0 Å². The maximum atomic E-state index is 13.3. The van der Waals surface area contributed by atoms with E-state index in [1.165, 1.54) is 31.4 Å². The van der Waals surface area contributed by atoms with Crippen LogP contribution in [0.1, 0.15) is 16.8 Å². The van der Waals surface area contributed by atoms with Crippen molar-refractivity contribution in [3.8, 4) is 11.6 Å². The molecule has 164 valence electrons. The molecule has 1 aliphatic rings. The van der Waals surface area contributed by atoms with Crippen molar-refractivity contribution in [1.29, 1.82) is 0 Å². The zero-order valence-electron chi connectivity index (χ0n) is 17.8. The molecule has 1 aliphatic heterocycles. The number of methoxy groups -OCH3 is 1. The van der Waals surface area contributed by atoms with Gasteiger partial charge in [0.25, 0.3) is 11.6 Å². The Morgan fingerprint density at radius 1 is 1.12 bits per heavy atom. The van der Waals surface area contributed by atoms with Crippen molar-refractivity contribution in [3.05, 3.63) is 71.4 Å². The molecule has 4 rings (SSSR count). The molecule has 0 spiro atoms. The quantitative estimate of drug-likeness (QED) is 0.430. The van der Waals surface area contributed by atoms with Gasteiger partial charge in [0.05, 0.1) is 24.5 Å². The van der Waals surface area contributed by atoms with E-state index in [0.29, 0.717) is 5.69 Å². The van der Waals surface area contributed by atoms with Crippen LogP contribution in [0.15, 0.2) is 48.8 Å². The standard InChI is InChI=1S/C23H21FN4O4/c1-14-5-4-10-26(13-14)20-19(21(29)27(23(20)31)11-12-32-3)18-15(2)25-28(22(18)30)17-8-6-16(24)7-9-17/h4-10,13H,11-12H2,1-3H3. The summed E-state index contributed by atoms with van der Waals surface area (Å²) in [7, 11) is 1.47. The molecule has 3 heterocycles. The van der Waals surface area contributed by atoms with Gasteiger partial charge in [-0.2, -0.15) is 9.67 Å². The van der Waals surface area contributed by atoms with Crippen LogP contribution in [0.25, 0.3) is 17.0 Å². The van der Waals surface area contributed by atoms with Crippen LogP contribution in [0.2, 0.25) is 0 Å². The molecule has 0 atom stereocenters. The summed E-state index contributed by atoms with van der Waals surface area (Å²) in [6.45, 7) is 3.66. The van der Waals surface area contributed by atoms with E-state index < -0.39 is 23.5 Å². The molecule has 32 heavy (non-hydrogen) atoms. The van der Waals surface area contributed by atoms with E-state index in [0.717, 1.165) is 15.1 Å². The highest BCUT2D eigenvalue weighted by Gasteiger charge is 2.46. The first-order valence-corrected chi connectivity index (χ1v) is 9.94. The number of imide groups is 1. The van der Waals surface area contributed by atoms with Gasteiger partial charge in [-0.1, -0.05) is 0 Å². The fourth-order valence-electron chi connectivity index (χ4n) is 3.70. The van der Waals surface area contributed by atoms with Crippen molar-refractivity contribution in [3.63, 3.8) is 0 Å². The Morgan fingerprint density at radius 3 is 2.50 bits per heavy atom. The van der Waals surface area contributed by atoms with Gasteiger partial charge in [-0.25, -0.2) is 9.07 Å². The topological polar surface area (TPSA) is 91.4 Å². The van der Waals surface area contributed by atoms with Gasteiger partial charge in [0.15, 0.2) is 12.4 Å². The number of aromatic nitrogens is 3. The lowest BCUT2D eigenvalue weighted by atomic mass is 10.0. The molecule has 0 fully saturated rings. The number of hydrogen-bond donors (Lipinski definition) is 0. The van der Waals surface area contributed by atoms with Gasteiger partial charge < -0.3 is 9.84 Å². The molecular weight excluding hydrogens is 415 g/mol. The van der Waals surface area contributed by atoms with Gasteiger partial charge >= 0.3 is 5.91 Å². The van der Waals surface area contributed by atoms with Crippen LogP contribution in [-0.4, -0.2) is 46.8 Å². The zero-order valence-corrected chi connectivity index (χ0v) is 17.8. The maximum absolute atomic E-state index is 13.3. The number of ether oxygens (including phenoxy) is 1. The van der Waals surface area contributed by atoms with Crippen LogP contribution in [0.4, 0.5) is 4.39 Å². The summed E-state index contributed by atoms with van der Waals surface area (Å²) < 4.78 is 21.0. The van der Waals surface area contributed by atoms with Crippen LogP contribution in [0, 0.1) is 19.7 Å². The van der Waals surface area contributed by atoms with Crippen LogP contribution in [-0.2, 0) is 14.3 Å². The van der Waals surface area contributed by atoms with Crippen molar-refractivity contribution in [1.82, 2.24) is 14.7 Å². The number of carbonyl (C=O) groups excluding carboxylic acids is 2. The van der Waals surface area contributed by atoms with Crippen molar-refractivity contribution in [2.75, 3.05) is 20.3 Å². The van der Waals surface area contributed by atoms with E-state index in [-0.39, 0.29) is 35.7 Å². The Balaban J connectivity index is 1.93. The Labute approximate surface area is 183 Å². The number of pyridine rings is 1. The lowest BCUT2D eigenvalue weighted by Crippen LogP contribution is -2.40. The Kier molecular flexibility index (Phi) is 5.58. The summed E-state index contributed by atoms with van der Waals surface area (Å²) in [5.74, 6) is -2.12. The fraction of sp³-hybridized carbons (Fsp3) is 0.217. The van der Waals surface area contributed by atoms with E-state index in [2.05, 4.69) is 5.10 Å². The first-order valence-electron chi connectivity index (χ1n) is 9.94. The largest absolute Gasteiger partial charge is 0.858 e. The highest BCUT2D eigenvalue weighted by Crippen LogP contribution is 2.36. The predicted molar refractivity (Wildman–Crippen MR) is 111 cm³/mol. The molecule has 0 saturated heterocycles. The number of benzene rings is 1. The average molecular weight is 436 g/mol. The molecule has 0 N–H and O–H groups in total. The van der Waals surface area contributed by atoms with Gasteiger partial charge in [0, 0.05) is 24.3 Å². The number of hydrogen-bond acceptors (Lipinski definition) is 5. The van der Waals surface area contributed by atoms with Crippen LogP contribution in [0.5, 0.6) is 5.88 Å². The smallest absolute Gasteiger partial charge is 0.326 e. The number of carbonyl (C=O) groups is 2. The van der Waals surface area contributed by atoms with Gasteiger partial charge in [-0.3, -0.25) is 14.5 Å². The van der Waals surface area contributed by atoms with E-state index in [1.54, 1.807) is 30.0 Å². The Morgan fingerprint density at radius 2 is 1.84 bits per heavy atom. The minimum atomic E-state index is -0.588. The first kappa shape index (κ1) is 21.4. The molecule has 0 radical (unpaired) electrons. The highest BCUT2D eigenvalue weighted by molar-refractivity contribution is 6.44. The summed E-state index contributed by atoms with van der Waals surface area (Å²) in [6, 6.07) is 8.89. The summed E-state index contributed by atoms with van der Waals surface area (Å²) in [5.41, 5.74) is 1.61. The summed E-state index contributed by atoms with van der Waals surface area (Å²) in [4.78, 5) is 27.7. The van der Waals surface area contributed by atoms with Crippen molar-refractivity contribution in [2.24, 2.45) is 0 Å². The molecule has 8 nitrogen and oxygen atoms in total. The summed E-state index contributed by atoms with van der Waals surface area (Å²) >= 11 is 0. The van der Waals surface area contributed by atoms with Crippen LogP contribution in [0.3, 0.4) is 0 Å². The molecule has 2 aromatic heterocycles. The Hall–Kier alpha value is -3.85. The van der Waals surface area contributed by atoms with Crippen molar-refractivity contribution < 1.29 is 28.4 Å². The molecule has 0 aliphatic carbocycles. The molecule has 3 aromatic rings. The van der Waals surface area contributed by atoms with E-state index in [1.807, 2.05) is 13.0 Å². The number of aryl methyl sites for hydroxylation is 2. The van der Waals surface area contributed by atoms with Gasteiger partial charge in [0.2, 0.25) is 0 Å². The van der Waals surface area contributed by atoms with E-state index in [9.17, 15) is 19.1 Å². The second-order valence-corrected chi connectivity index (χ2v) is 7.42. The molecule has 0 saturated carbocycles. The summed E-state index contributed by atoms with van der Waals surface area (Å²) in [5, 5.41) is 17.6. The van der Waals surface area contributed by atoms with Crippen LogP contribution < -0.4 is 9.67 Å². The number of rotatable bonds is 6. The third-order valence-corrected chi connectivity index (χ3v) is 5.21.